The quantitative estimate of drug-likeness (QED) is 0.859. The van der Waals surface area contributed by atoms with Crippen LogP contribution in [0.4, 0.5) is 0 Å². The lowest BCUT2D eigenvalue weighted by Crippen LogP contribution is -2.10. The van der Waals surface area contributed by atoms with Crippen LogP contribution in [0.1, 0.15) is 17.9 Å². The van der Waals surface area contributed by atoms with Gasteiger partial charge in [0.2, 0.25) is 0 Å². The summed E-state index contributed by atoms with van der Waals surface area (Å²) in [5, 5.41) is 3.14. The summed E-state index contributed by atoms with van der Waals surface area (Å²) in [6.07, 6.45) is 1.96. The Bertz CT molecular complexity index is 555. The first-order chi connectivity index (χ1) is 9.19. The Morgan fingerprint density at radius 2 is 2.05 bits per heavy atom. The van der Waals surface area contributed by atoms with Gasteiger partial charge in [-0.05, 0) is 45.1 Å². The molecular weight excluding hydrogens is 302 g/mol. The molecule has 1 N–H and O–H groups in total. The molecule has 4 heteroatoms. The van der Waals surface area contributed by atoms with Crippen molar-refractivity contribution in [3.63, 3.8) is 0 Å². The van der Waals surface area contributed by atoms with Crippen LogP contribution in [0, 0.1) is 6.92 Å². The Morgan fingerprint density at radius 1 is 1.21 bits per heavy atom. The topological polar surface area (TPSA) is 37.8 Å². The van der Waals surface area contributed by atoms with Gasteiger partial charge in [-0.1, -0.05) is 28.1 Å². The molecule has 0 aliphatic rings. The average molecular weight is 320 g/mol. The molecule has 0 bridgehead atoms. The zero-order valence-electron chi connectivity index (χ0n) is 11.3. The molecule has 19 heavy (non-hydrogen) atoms. The Hall–Kier alpha value is -1.26. The van der Waals surface area contributed by atoms with E-state index in [1.165, 1.54) is 0 Å². The lowest BCUT2D eigenvalue weighted by atomic mass is 10.1. The molecule has 3 nitrogen and oxygen atoms in total. The summed E-state index contributed by atoms with van der Waals surface area (Å²) >= 11 is 3.50. The minimum Gasteiger partial charge on any atom is -0.320 e. The number of benzene rings is 1. The summed E-state index contributed by atoms with van der Waals surface area (Å²) in [5.74, 6) is 0.922. The van der Waals surface area contributed by atoms with E-state index in [-0.39, 0.29) is 0 Å². The largest absolute Gasteiger partial charge is 0.320 e. The summed E-state index contributed by atoms with van der Waals surface area (Å²) in [7, 11) is 1.96. The molecule has 100 valence electrons. The van der Waals surface area contributed by atoms with Crippen LogP contribution in [0.15, 0.2) is 34.8 Å². The van der Waals surface area contributed by atoms with Crippen LogP contribution in [-0.4, -0.2) is 23.6 Å². The van der Waals surface area contributed by atoms with E-state index in [9.17, 15) is 0 Å². The normalized spacial score (nSPS) is 10.7. The molecule has 1 aromatic carbocycles. The maximum Gasteiger partial charge on any atom is 0.129 e. The minimum atomic E-state index is 0.906. The molecule has 0 radical (unpaired) electrons. The zero-order chi connectivity index (χ0) is 13.7. The molecule has 0 spiro atoms. The third kappa shape index (κ3) is 4.11. The molecule has 0 saturated heterocycles. The lowest BCUT2D eigenvalue weighted by Gasteiger charge is -2.06. The van der Waals surface area contributed by atoms with Crippen molar-refractivity contribution >= 4 is 15.9 Å². The summed E-state index contributed by atoms with van der Waals surface area (Å²) in [6.45, 7) is 3.01. The van der Waals surface area contributed by atoms with Gasteiger partial charge in [-0.15, -0.1) is 0 Å². The van der Waals surface area contributed by atoms with Crippen LogP contribution in [-0.2, 0) is 6.42 Å². The third-order valence-corrected chi connectivity index (χ3v) is 3.34. The van der Waals surface area contributed by atoms with Crippen LogP contribution < -0.4 is 5.32 Å². The van der Waals surface area contributed by atoms with Crippen molar-refractivity contribution in [2.75, 3.05) is 13.6 Å². The molecule has 2 aromatic rings. The number of halogens is 1. The Labute approximate surface area is 122 Å². The molecule has 0 unspecified atom stereocenters. The van der Waals surface area contributed by atoms with Gasteiger partial charge in [0.1, 0.15) is 5.82 Å². The van der Waals surface area contributed by atoms with Gasteiger partial charge in [-0.2, -0.15) is 0 Å². The summed E-state index contributed by atoms with van der Waals surface area (Å²) in [6, 6.07) is 10.2. The second-order valence-electron chi connectivity index (χ2n) is 4.53. The standard InChI is InChI=1S/C15H18BrN3/c1-11-9-14(12-5-3-6-13(16)10-12)19-15(18-11)7-4-8-17-2/h3,5-6,9-10,17H,4,7-8H2,1-2H3. The predicted molar refractivity (Wildman–Crippen MR) is 82.2 cm³/mol. The van der Waals surface area contributed by atoms with Crippen LogP contribution in [0.2, 0.25) is 0 Å². The van der Waals surface area contributed by atoms with Gasteiger partial charge >= 0.3 is 0 Å². The first-order valence-corrected chi connectivity index (χ1v) is 7.23. The van der Waals surface area contributed by atoms with E-state index in [4.69, 9.17) is 0 Å². The summed E-state index contributed by atoms with van der Waals surface area (Å²) < 4.78 is 1.07. The van der Waals surface area contributed by atoms with Crippen molar-refractivity contribution in [3.05, 3.63) is 46.3 Å². The smallest absolute Gasteiger partial charge is 0.129 e. The Balaban J connectivity index is 2.26. The number of aromatic nitrogens is 2. The summed E-state index contributed by atoms with van der Waals surface area (Å²) in [4.78, 5) is 9.16. The van der Waals surface area contributed by atoms with Gasteiger partial charge in [0.15, 0.2) is 0 Å². The fourth-order valence-electron chi connectivity index (χ4n) is 1.96. The maximum atomic E-state index is 4.66. The van der Waals surface area contributed by atoms with Gasteiger partial charge in [-0.25, -0.2) is 9.97 Å². The predicted octanol–water partition coefficient (Wildman–Crippen LogP) is 3.37. The number of nitrogens with zero attached hydrogens (tertiary/aromatic N) is 2. The second-order valence-corrected chi connectivity index (χ2v) is 5.44. The van der Waals surface area contributed by atoms with E-state index in [0.29, 0.717) is 0 Å². The van der Waals surface area contributed by atoms with E-state index >= 15 is 0 Å². The van der Waals surface area contributed by atoms with E-state index in [0.717, 1.165) is 46.6 Å². The fourth-order valence-corrected chi connectivity index (χ4v) is 2.36. The Morgan fingerprint density at radius 3 is 2.79 bits per heavy atom. The first-order valence-electron chi connectivity index (χ1n) is 6.44. The monoisotopic (exact) mass is 319 g/mol. The van der Waals surface area contributed by atoms with Gasteiger partial charge in [0.05, 0.1) is 5.69 Å². The van der Waals surface area contributed by atoms with Crippen molar-refractivity contribution in [2.45, 2.75) is 19.8 Å². The first kappa shape index (κ1) is 14.2. The van der Waals surface area contributed by atoms with E-state index in [1.807, 2.05) is 32.2 Å². The molecule has 0 saturated carbocycles. The minimum absolute atomic E-state index is 0.906. The van der Waals surface area contributed by atoms with Crippen LogP contribution in [0.5, 0.6) is 0 Å². The molecule has 0 fully saturated rings. The van der Waals surface area contributed by atoms with Crippen LogP contribution in [0.25, 0.3) is 11.3 Å². The van der Waals surface area contributed by atoms with Crippen LogP contribution >= 0.6 is 15.9 Å². The average Bonchev–Trinajstić information content (AvgIpc) is 2.38. The Kier molecular flexibility index (Phi) is 5.05. The summed E-state index contributed by atoms with van der Waals surface area (Å²) in [5.41, 5.74) is 3.13. The molecule has 1 heterocycles. The van der Waals surface area contributed by atoms with E-state index in [2.05, 4.69) is 43.3 Å². The molecule has 0 aliphatic carbocycles. The van der Waals surface area contributed by atoms with Crippen LogP contribution in [0.3, 0.4) is 0 Å². The van der Waals surface area contributed by atoms with Gasteiger partial charge in [-0.3, -0.25) is 0 Å². The maximum absolute atomic E-state index is 4.66. The third-order valence-electron chi connectivity index (χ3n) is 2.85. The molecule has 0 aliphatic heterocycles. The fraction of sp³-hybridized carbons (Fsp3) is 0.333. The van der Waals surface area contributed by atoms with Crippen molar-refractivity contribution in [2.24, 2.45) is 0 Å². The SMILES string of the molecule is CNCCCc1nc(C)cc(-c2cccc(Br)c2)n1. The van der Waals surface area contributed by atoms with E-state index < -0.39 is 0 Å². The highest BCUT2D eigenvalue weighted by atomic mass is 79.9. The molecular formula is C15H18BrN3. The lowest BCUT2D eigenvalue weighted by molar-refractivity contribution is 0.701. The van der Waals surface area contributed by atoms with Crippen molar-refractivity contribution in [1.82, 2.24) is 15.3 Å². The van der Waals surface area contributed by atoms with Crippen molar-refractivity contribution in [1.29, 1.82) is 0 Å². The number of nitrogens with one attached hydrogen (secondary N) is 1. The number of aryl methyl sites for hydroxylation is 2. The van der Waals surface area contributed by atoms with Crippen molar-refractivity contribution in [3.8, 4) is 11.3 Å². The molecule has 0 amide bonds. The van der Waals surface area contributed by atoms with Gasteiger partial charge < -0.3 is 5.32 Å². The van der Waals surface area contributed by atoms with Gasteiger partial charge in [0, 0.05) is 22.2 Å². The zero-order valence-corrected chi connectivity index (χ0v) is 12.9. The number of hydrogen-bond donors (Lipinski definition) is 1. The highest BCUT2D eigenvalue weighted by Crippen LogP contribution is 2.22. The molecule has 1 aromatic heterocycles. The highest BCUT2D eigenvalue weighted by Gasteiger charge is 2.05. The number of rotatable bonds is 5. The second kappa shape index (κ2) is 6.78. The molecule has 2 rings (SSSR count). The van der Waals surface area contributed by atoms with Gasteiger partial charge in [0.25, 0.3) is 0 Å². The van der Waals surface area contributed by atoms with Crippen molar-refractivity contribution < 1.29 is 0 Å². The van der Waals surface area contributed by atoms with E-state index in [1.54, 1.807) is 0 Å². The number of hydrogen-bond acceptors (Lipinski definition) is 3. The highest BCUT2D eigenvalue weighted by molar-refractivity contribution is 9.10. The molecule has 0 atom stereocenters.